The van der Waals surface area contributed by atoms with E-state index >= 15 is 0 Å². The van der Waals surface area contributed by atoms with Gasteiger partial charge in [0, 0.05) is 12.7 Å². The number of carbonyl (C=O) groups excluding carboxylic acids is 1. The Kier molecular flexibility index (Phi) is 7.29. The van der Waals surface area contributed by atoms with Gasteiger partial charge in [-0.15, -0.1) is 10.2 Å². The van der Waals surface area contributed by atoms with Crippen molar-refractivity contribution in [1.29, 1.82) is 0 Å². The van der Waals surface area contributed by atoms with Crippen molar-refractivity contribution in [3.05, 3.63) is 65.0 Å². The standard InChI is InChI=1S/C25H32N4O2S/c1-16-8-13-21(17(2)14-16)26-22(30)15-32-24-28-27-23(29(24)7)18(3)31-20-11-9-19(10-12-20)25(4,5)6/h8-14,18H,15H2,1-7H3,(H,26,30). The van der Waals surface area contributed by atoms with E-state index in [9.17, 15) is 4.79 Å². The Bertz CT molecular complexity index is 1080. The summed E-state index contributed by atoms with van der Waals surface area (Å²) in [5, 5.41) is 12.2. The third-order valence-electron chi connectivity index (χ3n) is 5.25. The van der Waals surface area contributed by atoms with Crippen LogP contribution in [-0.2, 0) is 17.3 Å². The average molecular weight is 453 g/mol. The predicted molar refractivity (Wildman–Crippen MR) is 130 cm³/mol. The second-order valence-corrected chi connectivity index (χ2v) is 10.0. The van der Waals surface area contributed by atoms with Crippen molar-refractivity contribution in [3.8, 4) is 5.75 Å². The summed E-state index contributed by atoms with van der Waals surface area (Å²) < 4.78 is 7.96. The number of anilines is 1. The molecular formula is C25H32N4O2S. The lowest BCUT2D eigenvalue weighted by atomic mass is 9.87. The first-order chi connectivity index (χ1) is 15.0. The smallest absolute Gasteiger partial charge is 0.234 e. The molecule has 1 atom stereocenters. The first-order valence-corrected chi connectivity index (χ1v) is 11.7. The number of aromatic nitrogens is 3. The maximum absolute atomic E-state index is 12.4. The highest BCUT2D eigenvalue weighted by Crippen LogP contribution is 2.27. The van der Waals surface area contributed by atoms with Crippen molar-refractivity contribution in [1.82, 2.24) is 14.8 Å². The molecule has 1 N–H and O–H groups in total. The molecule has 0 aliphatic heterocycles. The monoisotopic (exact) mass is 452 g/mol. The molecule has 0 bridgehead atoms. The number of rotatable bonds is 7. The summed E-state index contributed by atoms with van der Waals surface area (Å²) in [5.41, 5.74) is 4.41. The Morgan fingerprint density at radius 1 is 1.12 bits per heavy atom. The number of hydrogen-bond acceptors (Lipinski definition) is 5. The van der Waals surface area contributed by atoms with E-state index in [2.05, 4.69) is 54.5 Å². The Balaban J connectivity index is 1.59. The second kappa shape index (κ2) is 9.77. The summed E-state index contributed by atoms with van der Waals surface area (Å²) in [6, 6.07) is 14.1. The summed E-state index contributed by atoms with van der Waals surface area (Å²) in [4.78, 5) is 12.4. The molecule has 0 saturated carbocycles. The summed E-state index contributed by atoms with van der Waals surface area (Å²) in [6.45, 7) is 12.5. The zero-order chi connectivity index (χ0) is 23.5. The van der Waals surface area contributed by atoms with Crippen LogP contribution in [0.25, 0.3) is 0 Å². The molecule has 1 heterocycles. The summed E-state index contributed by atoms with van der Waals surface area (Å²) in [5.74, 6) is 1.68. The summed E-state index contributed by atoms with van der Waals surface area (Å²) >= 11 is 1.35. The Labute approximate surface area is 194 Å². The maximum Gasteiger partial charge on any atom is 0.234 e. The van der Waals surface area contributed by atoms with E-state index in [1.54, 1.807) is 0 Å². The SMILES string of the molecule is Cc1ccc(NC(=O)CSc2nnc(C(C)Oc3ccc(C(C)(C)C)cc3)n2C)c(C)c1. The molecule has 170 valence electrons. The van der Waals surface area contributed by atoms with Crippen molar-refractivity contribution in [3.63, 3.8) is 0 Å². The van der Waals surface area contributed by atoms with Gasteiger partial charge in [0.25, 0.3) is 0 Å². The van der Waals surface area contributed by atoms with Crippen LogP contribution in [0.4, 0.5) is 5.69 Å². The fourth-order valence-corrected chi connectivity index (χ4v) is 4.08. The van der Waals surface area contributed by atoms with Gasteiger partial charge >= 0.3 is 0 Å². The number of thioether (sulfide) groups is 1. The maximum atomic E-state index is 12.4. The van der Waals surface area contributed by atoms with E-state index < -0.39 is 0 Å². The lowest BCUT2D eigenvalue weighted by Gasteiger charge is -2.20. The van der Waals surface area contributed by atoms with Gasteiger partial charge in [0.1, 0.15) is 5.75 Å². The highest BCUT2D eigenvalue weighted by atomic mass is 32.2. The first-order valence-electron chi connectivity index (χ1n) is 10.7. The van der Waals surface area contributed by atoms with Crippen molar-refractivity contribution in [2.45, 2.75) is 58.2 Å². The van der Waals surface area contributed by atoms with Gasteiger partial charge in [0.2, 0.25) is 5.91 Å². The fraction of sp³-hybridized carbons (Fsp3) is 0.400. The Morgan fingerprint density at radius 3 is 2.44 bits per heavy atom. The van der Waals surface area contributed by atoms with Crippen LogP contribution in [-0.4, -0.2) is 26.4 Å². The zero-order valence-corrected chi connectivity index (χ0v) is 20.7. The minimum Gasteiger partial charge on any atom is -0.483 e. The highest BCUT2D eigenvalue weighted by Gasteiger charge is 2.19. The van der Waals surface area contributed by atoms with E-state index in [-0.39, 0.29) is 23.2 Å². The van der Waals surface area contributed by atoms with Crippen molar-refractivity contribution < 1.29 is 9.53 Å². The lowest BCUT2D eigenvalue weighted by molar-refractivity contribution is -0.113. The van der Waals surface area contributed by atoms with Crippen molar-refractivity contribution in [2.24, 2.45) is 7.05 Å². The van der Waals surface area contributed by atoms with Crippen molar-refractivity contribution in [2.75, 3.05) is 11.1 Å². The minimum absolute atomic E-state index is 0.0743. The fourth-order valence-electron chi connectivity index (χ4n) is 3.37. The van der Waals surface area contributed by atoms with Gasteiger partial charge < -0.3 is 14.6 Å². The summed E-state index contributed by atoms with van der Waals surface area (Å²) in [6.07, 6.45) is -0.272. The molecule has 1 amide bonds. The Morgan fingerprint density at radius 2 is 1.81 bits per heavy atom. The van der Waals surface area contributed by atoms with Crippen LogP contribution in [0.1, 0.15) is 56.3 Å². The minimum atomic E-state index is -0.272. The molecule has 0 aliphatic rings. The molecule has 32 heavy (non-hydrogen) atoms. The molecule has 2 aromatic carbocycles. The van der Waals surface area contributed by atoms with Gasteiger partial charge in [-0.05, 0) is 55.5 Å². The van der Waals surface area contributed by atoms with E-state index in [4.69, 9.17) is 4.74 Å². The van der Waals surface area contributed by atoms with Gasteiger partial charge in [-0.1, -0.05) is 62.4 Å². The third kappa shape index (κ3) is 5.91. The molecule has 1 aromatic heterocycles. The van der Waals surface area contributed by atoms with Crippen LogP contribution in [0.2, 0.25) is 0 Å². The molecule has 0 saturated heterocycles. The molecule has 0 aliphatic carbocycles. The number of hydrogen-bond donors (Lipinski definition) is 1. The number of ether oxygens (including phenoxy) is 1. The van der Waals surface area contributed by atoms with E-state index in [0.717, 1.165) is 17.0 Å². The topological polar surface area (TPSA) is 69.0 Å². The molecule has 6 nitrogen and oxygen atoms in total. The van der Waals surface area contributed by atoms with Crippen LogP contribution in [0.15, 0.2) is 47.6 Å². The van der Waals surface area contributed by atoms with E-state index in [1.165, 1.54) is 22.9 Å². The number of aryl methyl sites for hydroxylation is 2. The molecule has 1 unspecified atom stereocenters. The molecule has 0 fully saturated rings. The lowest BCUT2D eigenvalue weighted by Crippen LogP contribution is -2.15. The number of benzene rings is 2. The van der Waals surface area contributed by atoms with Gasteiger partial charge in [0.15, 0.2) is 17.1 Å². The van der Waals surface area contributed by atoms with Crippen molar-refractivity contribution >= 4 is 23.4 Å². The second-order valence-electron chi connectivity index (χ2n) is 9.09. The average Bonchev–Trinajstić information content (AvgIpc) is 3.09. The molecule has 0 spiro atoms. The van der Waals surface area contributed by atoms with Crippen LogP contribution in [0.5, 0.6) is 5.75 Å². The Hall–Kier alpha value is -2.80. The van der Waals surface area contributed by atoms with Gasteiger partial charge in [-0.3, -0.25) is 4.79 Å². The first kappa shape index (κ1) is 23.9. The number of nitrogens with zero attached hydrogens (tertiary/aromatic N) is 3. The third-order valence-corrected chi connectivity index (χ3v) is 6.27. The van der Waals surface area contributed by atoms with E-state index in [0.29, 0.717) is 11.0 Å². The van der Waals surface area contributed by atoms with Crippen LogP contribution < -0.4 is 10.1 Å². The predicted octanol–water partition coefficient (Wildman–Crippen LogP) is 5.60. The molecule has 7 heteroatoms. The van der Waals surface area contributed by atoms with Gasteiger partial charge in [0.05, 0.1) is 5.75 Å². The molecular weight excluding hydrogens is 420 g/mol. The van der Waals surface area contributed by atoms with E-state index in [1.807, 2.05) is 56.7 Å². The van der Waals surface area contributed by atoms with Crippen LogP contribution in [0, 0.1) is 13.8 Å². The van der Waals surface area contributed by atoms with Crippen LogP contribution in [0.3, 0.4) is 0 Å². The highest BCUT2D eigenvalue weighted by molar-refractivity contribution is 7.99. The van der Waals surface area contributed by atoms with Crippen LogP contribution >= 0.6 is 11.8 Å². The van der Waals surface area contributed by atoms with Gasteiger partial charge in [-0.2, -0.15) is 0 Å². The summed E-state index contributed by atoms with van der Waals surface area (Å²) in [7, 11) is 1.89. The molecule has 3 rings (SSSR count). The number of carbonyl (C=O) groups is 1. The zero-order valence-electron chi connectivity index (χ0n) is 19.9. The largest absolute Gasteiger partial charge is 0.483 e. The van der Waals surface area contributed by atoms with Gasteiger partial charge in [-0.25, -0.2) is 0 Å². The number of amides is 1. The molecule has 0 radical (unpaired) electrons. The quantitative estimate of drug-likeness (QED) is 0.473. The molecule has 3 aromatic rings. The normalized spacial score (nSPS) is 12.5. The number of nitrogens with one attached hydrogen (secondary N) is 1.